The number of benzene rings is 1. The number of ether oxygens (including phenoxy) is 2. The highest BCUT2D eigenvalue weighted by molar-refractivity contribution is 8.09. The summed E-state index contributed by atoms with van der Waals surface area (Å²) in [7, 11) is 2.90. The summed E-state index contributed by atoms with van der Waals surface area (Å²) in [5, 5.41) is 16.7. The number of methoxy groups -OCH3 is 1. The first-order chi connectivity index (χ1) is 18.5. The van der Waals surface area contributed by atoms with Crippen LogP contribution >= 0.6 is 6.64 Å². The number of alkyl halides is 1. The van der Waals surface area contributed by atoms with Crippen LogP contribution in [-0.2, 0) is 30.6 Å². The summed E-state index contributed by atoms with van der Waals surface area (Å²) in [6, 6.07) is 7.68. The molecule has 208 valence electrons. The van der Waals surface area contributed by atoms with Crippen LogP contribution < -0.4 is 14.9 Å². The van der Waals surface area contributed by atoms with E-state index in [0.29, 0.717) is 22.9 Å². The Labute approximate surface area is 229 Å². The summed E-state index contributed by atoms with van der Waals surface area (Å²) in [4.78, 5) is 25.0. The maximum atomic E-state index is 16.2. The van der Waals surface area contributed by atoms with E-state index in [9.17, 15) is 9.90 Å². The van der Waals surface area contributed by atoms with E-state index in [0.717, 1.165) is 0 Å². The quantitative estimate of drug-likeness (QED) is 0.185. The molecule has 3 heterocycles. The van der Waals surface area contributed by atoms with Gasteiger partial charge in [0.15, 0.2) is 23.2 Å². The number of halogens is 1. The van der Waals surface area contributed by atoms with Gasteiger partial charge in [-0.1, -0.05) is 24.1 Å². The fourth-order valence-corrected chi connectivity index (χ4v) is 6.45. The Morgan fingerprint density at radius 1 is 1.41 bits per heavy atom. The number of para-hydroxylation sites is 1. The molecule has 3 aromatic rings. The van der Waals surface area contributed by atoms with Crippen molar-refractivity contribution in [1.82, 2.24) is 24.6 Å². The number of aryl methyl sites for hydroxylation is 1. The van der Waals surface area contributed by atoms with Crippen molar-refractivity contribution < 1.29 is 32.8 Å². The number of anilines is 1. The van der Waals surface area contributed by atoms with Crippen molar-refractivity contribution in [2.75, 3.05) is 26.1 Å². The third kappa shape index (κ3) is 5.74. The zero-order valence-electron chi connectivity index (χ0n) is 21.6. The number of fused-ring (bicyclic) bond motifs is 1. The van der Waals surface area contributed by atoms with Crippen molar-refractivity contribution in [3.05, 3.63) is 42.5 Å². The molecule has 0 amide bonds. The smallest absolute Gasteiger partial charge is 0.323 e. The molecule has 0 spiro atoms. The monoisotopic (exact) mass is 578 g/mol. The summed E-state index contributed by atoms with van der Waals surface area (Å²) in [6.07, 6.45) is 2.30. The lowest BCUT2D eigenvalue weighted by molar-refractivity contribution is -0.142. The maximum absolute atomic E-state index is 16.2. The van der Waals surface area contributed by atoms with E-state index in [1.165, 1.54) is 24.9 Å². The first-order valence-corrected chi connectivity index (χ1v) is 14.4. The summed E-state index contributed by atoms with van der Waals surface area (Å²) in [6.45, 7) is -0.680. The van der Waals surface area contributed by atoms with Crippen LogP contribution in [0.5, 0.6) is 5.75 Å². The molecule has 1 fully saturated rings. The van der Waals surface area contributed by atoms with E-state index in [2.05, 4.69) is 25.4 Å². The fraction of sp³-hybridized carbons (Fsp3) is 0.417. The molecule has 0 bridgehead atoms. The SMILES string of the molecule is C#C[C@@]1(F)[C@H](O)[C@@H](COP(=S)(N[C@H](C)C(=O)OC)Oc2ccccc2)O[C@H]1n1cnc2c(NC)nc(C)nc21. The Hall–Kier alpha value is -3.18. The van der Waals surface area contributed by atoms with Gasteiger partial charge in [0, 0.05) is 7.05 Å². The third-order valence-electron chi connectivity index (χ3n) is 5.97. The Balaban J connectivity index is 1.61. The number of hydrogen-bond acceptors (Lipinski definition) is 11. The van der Waals surface area contributed by atoms with Crippen LogP contribution in [0.15, 0.2) is 36.7 Å². The van der Waals surface area contributed by atoms with Crippen molar-refractivity contribution in [2.24, 2.45) is 0 Å². The number of aliphatic hydroxyl groups excluding tert-OH is 1. The lowest BCUT2D eigenvalue weighted by Gasteiger charge is -2.27. The van der Waals surface area contributed by atoms with Crippen LogP contribution in [-0.4, -0.2) is 75.3 Å². The first-order valence-electron chi connectivity index (χ1n) is 11.8. The average Bonchev–Trinajstić information content (AvgIpc) is 3.45. The Bertz CT molecular complexity index is 1440. The molecular formula is C24H28FN6O6PS. The highest BCUT2D eigenvalue weighted by Gasteiger charge is 2.58. The summed E-state index contributed by atoms with van der Waals surface area (Å²) >= 11 is 5.64. The average molecular weight is 579 g/mol. The Kier molecular flexibility index (Phi) is 8.51. The lowest BCUT2D eigenvalue weighted by Crippen LogP contribution is -2.42. The number of nitrogens with one attached hydrogen (secondary N) is 2. The van der Waals surface area contributed by atoms with Gasteiger partial charge in [-0.2, -0.15) is 0 Å². The van der Waals surface area contributed by atoms with E-state index in [1.54, 1.807) is 44.3 Å². The van der Waals surface area contributed by atoms with Crippen LogP contribution in [0.1, 0.15) is 19.0 Å². The van der Waals surface area contributed by atoms with Gasteiger partial charge in [0.05, 0.1) is 20.0 Å². The van der Waals surface area contributed by atoms with Gasteiger partial charge in [-0.15, -0.1) is 6.42 Å². The minimum Gasteiger partial charge on any atom is -0.468 e. The molecule has 1 aliphatic rings. The number of terminal acetylenes is 1. The molecule has 39 heavy (non-hydrogen) atoms. The van der Waals surface area contributed by atoms with Crippen LogP contribution in [0.25, 0.3) is 11.2 Å². The van der Waals surface area contributed by atoms with Gasteiger partial charge >= 0.3 is 12.6 Å². The van der Waals surface area contributed by atoms with Crippen molar-refractivity contribution in [2.45, 2.75) is 44.0 Å². The largest absolute Gasteiger partial charge is 0.468 e. The highest BCUT2D eigenvalue weighted by Crippen LogP contribution is 2.48. The van der Waals surface area contributed by atoms with Gasteiger partial charge in [-0.05, 0) is 37.8 Å². The second-order valence-electron chi connectivity index (χ2n) is 8.65. The highest BCUT2D eigenvalue weighted by atomic mass is 32.5. The number of aliphatic hydroxyl groups is 1. The zero-order valence-corrected chi connectivity index (χ0v) is 23.3. The molecule has 1 aliphatic heterocycles. The van der Waals surface area contributed by atoms with E-state index in [-0.39, 0.29) is 5.65 Å². The van der Waals surface area contributed by atoms with Crippen LogP contribution in [0, 0.1) is 19.3 Å². The van der Waals surface area contributed by atoms with Gasteiger partial charge < -0.3 is 28.9 Å². The van der Waals surface area contributed by atoms with Crippen LogP contribution in [0.4, 0.5) is 10.2 Å². The second kappa shape index (κ2) is 11.5. The number of carbonyl (C=O) groups is 1. The molecule has 2 aromatic heterocycles. The normalized spacial score (nSPS) is 25.0. The predicted octanol–water partition coefficient (Wildman–Crippen LogP) is 2.25. The molecule has 0 saturated carbocycles. The van der Waals surface area contributed by atoms with Gasteiger partial charge in [-0.25, -0.2) is 24.4 Å². The summed E-state index contributed by atoms with van der Waals surface area (Å²) < 4.78 is 39.9. The molecule has 3 N–H and O–H groups in total. The number of esters is 1. The second-order valence-corrected chi connectivity index (χ2v) is 11.8. The summed E-state index contributed by atoms with van der Waals surface area (Å²) in [5.74, 6) is 2.65. The summed E-state index contributed by atoms with van der Waals surface area (Å²) in [5.41, 5.74) is -2.04. The van der Waals surface area contributed by atoms with Crippen molar-refractivity contribution in [3.8, 4) is 18.1 Å². The first kappa shape index (κ1) is 28.8. The minimum atomic E-state index is -3.46. The van der Waals surface area contributed by atoms with Crippen molar-refractivity contribution in [3.63, 3.8) is 0 Å². The van der Waals surface area contributed by atoms with Crippen LogP contribution in [0.2, 0.25) is 0 Å². The van der Waals surface area contributed by atoms with E-state index < -0.39 is 49.4 Å². The van der Waals surface area contributed by atoms with Crippen molar-refractivity contribution in [1.29, 1.82) is 0 Å². The molecule has 12 nitrogen and oxygen atoms in total. The standard InChI is InChI=1S/C24H28FN6O6PS/c1-6-24(25)19(32)17(36-23(24)31-13-27-18-20(26-4)28-15(3)29-21(18)31)12-35-38(39,30-14(2)22(33)34-5)37-16-10-8-7-9-11-16/h1,7-11,13-14,17,19,23,32H,12H2,2-5H3,(H,30,39)(H,26,28,29)/t14-,17-,19-,23-,24-,38?/m1/s1. The number of imidazole rings is 1. The fourth-order valence-electron chi connectivity index (χ4n) is 4.03. The number of carbonyl (C=O) groups excluding carboxylic acids is 1. The number of rotatable bonds is 10. The van der Waals surface area contributed by atoms with Crippen LogP contribution in [0.3, 0.4) is 0 Å². The van der Waals surface area contributed by atoms with E-state index in [1.807, 2.05) is 5.92 Å². The molecule has 1 saturated heterocycles. The number of hydrogen-bond donors (Lipinski definition) is 3. The zero-order chi connectivity index (χ0) is 28.4. The van der Waals surface area contributed by atoms with Gasteiger partial charge in [0.2, 0.25) is 5.67 Å². The topological polar surface area (TPSA) is 142 Å². The third-order valence-corrected chi connectivity index (χ3v) is 8.47. The number of aromatic nitrogens is 4. The van der Waals surface area contributed by atoms with Gasteiger partial charge in [0.1, 0.15) is 29.8 Å². The van der Waals surface area contributed by atoms with Gasteiger partial charge in [-0.3, -0.25) is 9.36 Å². The Morgan fingerprint density at radius 3 is 2.77 bits per heavy atom. The minimum absolute atomic E-state index is 0.258. The molecule has 0 aliphatic carbocycles. The maximum Gasteiger partial charge on any atom is 0.323 e. The molecule has 1 aromatic carbocycles. The molecular weight excluding hydrogens is 550 g/mol. The van der Waals surface area contributed by atoms with E-state index >= 15 is 4.39 Å². The molecule has 6 atom stereocenters. The molecule has 1 unspecified atom stereocenters. The molecule has 15 heteroatoms. The van der Waals surface area contributed by atoms with Crippen molar-refractivity contribution >= 4 is 41.4 Å². The Morgan fingerprint density at radius 2 is 2.13 bits per heavy atom. The van der Waals surface area contributed by atoms with E-state index in [4.69, 9.17) is 36.8 Å². The van der Waals surface area contributed by atoms with Gasteiger partial charge in [0.25, 0.3) is 0 Å². The number of nitrogens with zero attached hydrogens (tertiary/aromatic N) is 4. The predicted molar refractivity (Wildman–Crippen MR) is 144 cm³/mol. The molecule has 0 radical (unpaired) electrons. The molecule has 4 rings (SSSR count). The lowest BCUT2D eigenvalue weighted by atomic mass is 9.97.